The van der Waals surface area contributed by atoms with E-state index in [0.29, 0.717) is 18.2 Å². The average Bonchev–Trinajstić information content (AvgIpc) is 3.19. The molecule has 6 heteroatoms. The number of nitrogens with zero attached hydrogens (tertiary/aromatic N) is 3. The zero-order chi connectivity index (χ0) is 19.8. The fraction of sp³-hybridized carbons (Fsp3) is 0.524. The number of carbonyl (C=O) groups is 2. The molecule has 1 amide bonds. The van der Waals surface area contributed by atoms with Gasteiger partial charge in [-0.15, -0.1) is 0 Å². The fourth-order valence-electron chi connectivity index (χ4n) is 3.66. The van der Waals surface area contributed by atoms with Crippen LogP contribution in [0, 0.1) is 0 Å². The highest BCUT2D eigenvalue weighted by molar-refractivity contribution is 6.04. The maximum Gasteiger partial charge on any atom is 0.410 e. The molecule has 0 radical (unpaired) electrons. The summed E-state index contributed by atoms with van der Waals surface area (Å²) in [5, 5.41) is 0. The van der Waals surface area contributed by atoms with Crippen molar-refractivity contribution in [3.63, 3.8) is 0 Å². The van der Waals surface area contributed by atoms with Gasteiger partial charge in [0.05, 0.1) is 6.04 Å². The van der Waals surface area contributed by atoms with Crippen LogP contribution in [0.15, 0.2) is 36.5 Å². The van der Waals surface area contributed by atoms with Crippen LogP contribution in [0.5, 0.6) is 0 Å². The highest BCUT2D eigenvalue weighted by Gasteiger charge is 2.46. The van der Waals surface area contributed by atoms with E-state index >= 15 is 0 Å². The Kier molecular flexibility index (Phi) is 5.18. The van der Waals surface area contributed by atoms with Gasteiger partial charge >= 0.3 is 6.09 Å². The molecule has 2 atom stereocenters. The Labute approximate surface area is 161 Å². The van der Waals surface area contributed by atoms with E-state index in [9.17, 15) is 9.59 Å². The summed E-state index contributed by atoms with van der Waals surface area (Å²) >= 11 is 0. The monoisotopic (exact) mass is 371 g/mol. The molecule has 2 saturated heterocycles. The number of ketones is 1. The van der Waals surface area contributed by atoms with Crippen molar-refractivity contribution in [3.05, 3.63) is 42.1 Å². The Bertz CT molecular complexity index is 734. The number of amides is 1. The molecule has 2 aliphatic rings. The van der Waals surface area contributed by atoms with E-state index in [1.54, 1.807) is 12.3 Å². The Morgan fingerprint density at radius 1 is 1.11 bits per heavy atom. The molecule has 0 aromatic heterocycles. The van der Waals surface area contributed by atoms with Crippen LogP contribution in [0.25, 0.3) is 0 Å². The van der Waals surface area contributed by atoms with Gasteiger partial charge in [0.15, 0.2) is 5.78 Å². The van der Waals surface area contributed by atoms with Gasteiger partial charge in [0.2, 0.25) is 0 Å². The van der Waals surface area contributed by atoms with Crippen LogP contribution in [-0.2, 0) is 4.74 Å². The molecule has 0 unspecified atom stereocenters. The van der Waals surface area contributed by atoms with Crippen molar-refractivity contribution in [2.45, 2.75) is 44.9 Å². The summed E-state index contributed by atoms with van der Waals surface area (Å²) in [7, 11) is 3.77. The number of ether oxygens (including phenoxy) is 1. The van der Waals surface area contributed by atoms with Gasteiger partial charge in [0.25, 0.3) is 0 Å². The molecule has 2 heterocycles. The van der Waals surface area contributed by atoms with Crippen molar-refractivity contribution in [3.8, 4) is 0 Å². The molecule has 2 bridgehead atoms. The summed E-state index contributed by atoms with van der Waals surface area (Å²) in [6, 6.07) is 8.22. The van der Waals surface area contributed by atoms with Crippen molar-refractivity contribution in [2.75, 3.05) is 32.1 Å². The molecule has 2 aliphatic heterocycles. The Hall–Kier alpha value is -2.50. The zero-order valence-electron chi connectivity index (χ0n) is 16.8. The number of benzene rings is 1. The predicted molar refractivity (Wildman–Crippen MR) is 106 cm³/mol. The first-order chi connectivity index (χ1) is 12.6. The lowest BCUT2D eigenvalue weighted by Gasteiger charge is -2.36. The number of hydrogen-bond acceptors (Lipinski definition) is 5. The number of piperazine rings is 1. The minimum Gasteiger partial charge on any atom is -0.444 e. The van der Waals surface area contributed by atoms with E-state index in [0.717, 1.165) is 18.7 Å². The Morgan fingerprint density at radius 3 is 2.30 bits per heavy atom. The molecule has 3 rings (SSSR count). The summed E-state index contributed by atoms with van der Waals surface area (Å²) in [5.41, 5.74) is 1.30. The van der Waals surface area contributed by atoms with Gasteiger partial charge in [-0.05, 0) is 51.5 Å². The molecule has 6 nitrogen and oxygen atoms in total. The molecular weight excluding hydrogens is 342 g/mol. The van der Waals surface area contributed by atoms with Gasteiger partial charge in [0.1, 0.15) is 5.60 Å². The topological polar surface area (TPSA) is 53.1 Å². The van der Waals surface area contributed by atoms with Gasteiger partial charge in [-0.25, -0.2) is 4.79 Å². The standard InChI is InChI=1S/C21H29N3O3/c1-21(2,3)27-20(26)24-14-17-12-18(24)13-23(17)16-8-6-15(7-9-16)19(25)10-11-22(4)5/h6-11,17-18H,12-14H2,1-5H3/b11-10+/t17-,18-/m1/s1. The second-order valence-electron chi connectivity index (χ2n) is 8.52. The van der Waals surface area contributed by atoms with Gasteiger partial charge in [-0.1, -0.05) is 0 Å². The van der Waals surface area contributed by atoms with Gasteiger partial charge in [0, 0.05) is 56.8 Å². The van der Waals surface area contributed by atoms with Crippen LogP contribution in [0.3, 0.4) is 0 Å². The first kappa shape index (κ1) is 19.3. The van der Waals surface area contributed by atoms with Gasteiger partial charge in [-0.3, -0.25) is 4.79 Å². The molecular formula is C21H29N3O3. The summed E-state index contributed by atoms with van der Waals surface area (Å²) in [6.45, 7) is 7.16. The summed E-state index contributed by atoms with van der Waals surface area (Å²) in [5.74, 6) is -0.00528. The highest BCUT2D eigenvalue weighted by Crippen LogP contribution is 2.35. The molecule has 2 fully saturated rings. The number of rotatable bonds is 4. The van der Waals surface area contributed by atoms with E-state index < -0.39 is 5.60 Å². The number of fused-ring (bicyclic) bond motifs is 2. The second-order valence-corrected chi connectivity index (χ2v) is 8.52. The van der Waals surface area contributed by atoms with Crippen LogP contribution < -0.4 is 4.90 Å². The highest BCUT2D eigenvalue weighted by atomic mass is 16.6. The molecule has 0 N–H and O–H groups in total. The van der Waals surface area contributed by atoms with Gasteiger partial charge in [-0.2, -0.15) is 0 Å². The number of likely N-dealkylation sites (tertiary alicyclic amines) is 1. The molecule has 0 aliphatic carbocycles. The normalized spacial score (nSPS) is 21.8. The van der Waals surface area contributed by atoms with E-state index in [1.165, 1.54) is 0 Å². The SMILES string of the molecule is CN(C)/C=C/C(=O)c1ccc(N2C[C@H]3C[C@@H]2CN3C(=O)OC(C)(C)C)cc1. The lowest BCUT2D eigenvalue weighted by molar-refractivity contribution is 0.0214. The molecule has 1 aromatic rings. The van der Waals surface area contributed by atoms with Crippen LogP contribution in [0.2, 0.25) is 0 Å². The quantitative estimate of drug-likeness (QED) is 0.601. The maximum atomic E-state index is 12.4. The van der Waals surface area contributed by atoms with E-state index in [1.807, 2.05) is 68.9 Å². The summed E-state index contributed by atoms with van der Waals surface area (Å²) in [6.07, 6.45) is 4.07. The predicted octanol–water partition coefficient (Wildman–Crippen LogP) is 3.14. The van der Waals surface area contributed by atoms with Crippen LogP contribution in [-0.4, -0.2) is 66.5 Å². The zero-order valence-corrected chi connectivity index (χ0v) is 16.8. The third kappa shape index (κ3) is 4.43. The number of carbonyl (C=O) groups excluding carboxylic acids is 2. The molecule has 0 saturated carbocycles. The van der Waals surface area contributed by atoms with Crippen molar-refractivity contribution in [1.82, 2.24) is 9.80 Å². The minimum absolute atomic E-state index is 0.00528. The average molecular weight is 371 g/mol. The lowest BCUT2D eigenvalue weighted by Crippen LogP contribution is -2.50. The van der Waals surface area contributed by atoms with Crippen LogP contribution in [0.1, 0.15) is 37.6 Å². The smallest absolute Gasteiger partial charge is 0.410 e. The van der Waals surface area contributed by atoms with E-state index in [-0.39, 0.29) is 17.9 Å². The maximum absolute atomic E-state index is 12.4. The molecule has 146 valence electrons. The summed E-state index contributed by atoms with van der Waals surface area (Å²) < 4.78 is 5.52. The van der Waals surface area contributed by atoms with Crippen molar-refractivity contribution < 1.29 is 14.3 Å². The number of hydrogen-bond donors (Lipinski definition) is 0. The van der Waals surface area contributed by atoms with Crippen LogP contribution in [0.4, 0.5) is 10.5 Å². The van der Waals surface area contributed by atoms with Crippen molar-refractivity contribution >= 4 is 17.6 Å². The molecule has 0 spiro atoms. The van der Waals surface area contributed by atoms with Gasteiger partial charge < -0.3 is 19.4 Å². The third-order valence-electron chi connectivity index (χ3n) is 4.88. The number of allylic oxidation sites excluding steroid dienone is 1. The number of anilines is 1. The third-order valence-corrected chi connectivity index (χ3v) is 4.88. The molecule has 27 heavy (non-hydrogen) atoms. The fourth-order valence-corrected chi connectivity index (χ4v) is 3.66. The molecule has 1 aromatic carbocycles. The minimum atomic E-state index is -0.470. The lowest BCUT2D eigenvalue weighted by atomic mass is 10.1. The first-order valence-electron chi connectivity index (χ1n) is 9.39. The first-order valence-corrected chi connectivity index (χ1v) is 9.39. The Balaban J connectivity index is 1.62. The Morgan fingerprint density at radius 2 is 1.78 bits per heavy atom. The van der Waals surface area contributed by atoms with Crippen LogP contribution >= 0.6 is 0 Å². The van der Waals surface area contributed by atoms with Crippen molar-refractivity contribution in [1.29, 1.82) is 0 Å². The van der Waals surface area contributed by atoms with E-state index in [4.69, 9.17) is 4.74 Å². The van der Waals surface area contributed by atoms with Crippen molar-refractivity contribution in [2.24, 2.45) is 0 Å². The largest absolute Gasteiger partial charge is 0.444 e. The summed E-state index contributed by atoms with van der Waals surface area (Å²) in [4.78, 5) is 30.5. The van der Waals surface area contributed by atoms with E-state index in [2.05, 4.69) is 4.90 Å². The second kappa shape index (κ2) is 7.25.